The third kappa shape index (κ3) is 3.14. The summed E-state index contributed by atoms with van der Waals surface area (Å²) in [7, 11) is 0. The van der Waals surface area contributed by atoms with Gasteiger partial charge in [0.25, 0.3) is 0 Å². The first-order valence-electron chi connectivity index (χ1n) is 5.52. The molecule has 1 aliphatic rings. The highest BCUT2D eigenvalue weighted by Crippen LogP contribution is 2.27. The fourth-order valence-electron chi connectivity index (χ4n) is 2.23. The zero-order chi connectivity index (χ0) is 8.81. The fraction of sp³-hybridized carbons (Fsp3) is 1.00. The molecule has 12 heavy (non-hydrogen) atoms. The molecular formula is C11H22O. The molecule has 0 saturated heterocycles. The van der Waals surface area contributed by atoms with Crippen molar-refractivity contribution < 1.29 is 5.11 Å². The number of aliphatic hydroxyl groups is 1. The number of hydrogen-bond acceptors (Lipinski definition) is 1. The maximum atomic E-state index is 9.80. The van der Waals surface area contributed by atoms with Crippen LogP contribution in [0.2, 0.25) is 0 Å². The Bertz CT molecular complexity index is 104. The smallest absolute Gasteiger partial charge is 0.0568 e. The summed E-state index contributed by atoms with van der Waals surface area (Å²) in [6.45, 7) is 2.15. The first-order chi connectivity index (χ1) is 5.84. The maximum absolute atomic E-state index is 9.80. The monoisotopic (exact) mass is 170 g/mol. The molecule has 0 unspecified atom stereocenters. The molecule has 0 radical (unpaired) electrons. The van der Waals surface area contributed by atoms with Crippen LogP contribution in [-0.4, -0.2) is 11.2 Å². The molecule has 0 spiro atoms. The Labute approximate surface area is 76.2 Å². The van der Waals surface area contributed by atoms with E-state index in [1.54, 1.807) is 0 Å². The summed E-state index contributed by atoms with van der Waals surface area (Å²) in [6, 6.07) is 0. The number of rotatable bonds is 3. The third-order valence-electron chi connectivity index (χ3n) is 3.03. The van der Waals surface area contributed by atoms with Gasteiger partial charge in [-0.2, -0.15) is 0 Å². The van der Waals surface area contributed by atoms with Gasteiger partial charge in [0.15, 0.2) is 0 Å². The SMILES string of the molecule is CCC[C@H](O)C1CCCCCC1. The quantitative estimate of drug-likeness (QED) is 0.645. The van der Waals surface area contributed by atoms with E-state index in [-0.39, 0.29) is 6.10 Å². The van der Waals surface area contributed by atoms with Gasteiger partial charge >= 0.3 is 0 Å². The van der Waals surface area contributed by atoms with Gasteiger partial charge in [-0.05, 0) is 25.2 Å². The summed E-state index contributed by atoms with van der Waals surface area (Å²) in [6.07, 6.45) is 10.1. The van der Waals surface area contributed by atoms with Crippen LogP contribution in [0.4, 0.5) is 0 Å². The standard InChI is InChI=1S/C11H22O/c1-2-7-11(12)10-8-5-3-4-6-9-10/h10-12H,2-9H2,1H3/t11-/m0/s1. The van der Waals surface area contributed by atoms with Gasteiger partial charge in [0, 0.05) is 0 Å². The normalized spacial score (nSPS) is 23.5. The summed E-state index contributed by atoms with van der Waals surface area (Å²) in [5, 5.41) is 9.80. The Hall–Kier alpha value is -0.0400. The molecule has 1 atom stereocenters. The summed E-state index contributed by atoms with van der Waals surface area (Å²) in [4.78, 5) is 0. The van der Waals surface area contributed by atoms with Crippen LogP contribution >= 0.6 is 0 Å². The summed E-state index contributed by atoms with van der Waals surface area (Å²) in [5.74, 6) is 0.618. The topological polar surface area (TPSA) is 20.2 Å². The van der Waals surface area contributed by atoms with Crippen LogP contribution < -0.4 is 0 Å². The van der Waals surface area contributed by atoms with Crippen LogP contribution in [0.1, 0.15) is 58.3 Å². The van der Waals surface area contributed by atoms with E-state index >= 15 is 0 Å². The van der Waals surface area contributed by atoms with E-state index in [0.717, 1.165) is 12.8 Å². The summed E-state index contributed by atoms with van der Waals surface area (Å²) >= 11 is 0. The van der Waals surface area contributed by atoms with Gasteiger partial charge < -0.3 is 5.11 Å². The lowest BCUT2D eigenvalue weighted by Crippen LogP contribution is -2.19. The van der Waals surface area contributed by atoms with Crippen LogP contribution in [0.5, 0.6) is 0 Å². The summed E-state index contributed by atoms with van der Waals surface area (Å²) in [5.41, 5.74) is 0. The molecule has 0 amide bonds. The van der Waals surface area contributed by atoms with Crippen molar-refractivity contribution in [1.29, 1.82) is 0 Å². The van der Waals surface area contributed by atoms with Crippen molar-refractivity contribution in [2.45, 2.75) is 64.4 Å². The average molecular weight is 170 g/mol. The van der Waals surface area contributed by atoms with Crippen molar-refractivity contribution in [2.75, 3.05) is 0 Å². The molecule has 1 fully saturated rings. The Kier molecular flexibility index (Phi) is 4.67. The molecule has 0 aromatic rings. The van der Waals surface area contributed by atoms with E-state index in [1.807, 2.05) is 0 Å². The van der Waals surface area contributed by atoms with Crippen LogP contribution in [0.3, 0.4) is 0 Å². The highest BCUT2D eigenvalue weighted by molar-refractivity contribution is 4.71. The predicted molar refractivity (Wildman–Crippen MR) is 52.1 cm³/mol. The fourth-order valence-corrected chi connectivity index (χ4v) is 2.23. The van der Waals surface area contributed by atoms with Crippen molar-refractivity contribution in [2.24, 2.45) is 5.92 Å². The molecule has 1 rings (SSSR count). The minimum absolute atomic E-state index is 0.00639. The van der Waals surface area contributed by atoms with Crippen molar-refractivity contribution in [3.8, 4) is 0 Å². The number of aliphatic hydroxyl groups excluding tert-OH is 1. The van der Waals surface area contributed by atoms with Gasteiger partial charge in [-0.3, -0.25) is 0 Å². The van der Waals surface area contributed by atoms with Crippen LogP contribution in [0, 0.1) is 5.92 Å². The minimum Gasteiger partial charge on any atom is -0.393 e. The molecule has 0 aromatic carbocycles. The van der Waals surface area contributed by atoms with E-state index in [4.69, 9.17) is 0 Å². The molecule has 1 nitrogen and oxygen atoms in total. The van der Waals surface area contributed by atoms with Crippen molar-refractivity contribution in [3.63, 3.8) is 0 Å². The van der Waals surface area contributed by atoms with Crippen LogP contribution in [0.15, 0.2) is 0 Å². The molecule has 1 saturated carbocycles. The first kappa shape index (κ1) is 10.0. The highest BCUT2D eigenvalue weighted by Gasteiger charge is 2.19. The van der Waals surface area contributed by atoms with Crippen molar-refractivity contribution >= 4 is 0 Å². The van der Waals surface area contributed by atoms with Gasteiger partial charge in [-0.1, -0.05) is 39.0 Å². The third-order valence-corrected chi connectivity index (χ3v) is 3.03. The van der Waals surface area contributed by atoms with Crippen molar-refractivity contribution in [3.05, 3.63) is 0 Å². The minimum atomic E-state index is -0.00639. The molecular weight excluding hydrogens is 148 g/mol. The van der Waals surface area contributed by atoms with Crippen LogP contribution in [-0.2, 0) is 0 Å². The Morgan fingerprint density at radius 3 is 2.25 bits per heavy atom. The lowest BCUT2D eigenvalue weighted by atomic mass is 9.91. The first-order valence-corrected chi connectivity index (χ1v) is 5.52. The van der Waals surface area contributed by atoms with E-state index in [2.05, 4.69) is 6.92 Å². The van der Waals surface area contributed by atoms with E-state index in [9.17, 15) is 5.11 Å². The largest absolute Gasteiger partial charge is 0.393 e. The second-order valence-corrected chi connectivity index (χ2v) is 4.11. The molecule has 72 valence electrons. The van der Waals surface area contributed by atoms with Gasteiger partial charge in [-0.25, -0.2) is 0 Å². The Morgan fingerprint density at radius 2 is 1.75 bits per heavy atom. The maximum Gasteiger partial charge on any atom is 0.0568 e. The van der Waals surface area contributed by atoms with Crippen molar-refractivity contribution in [1.82, 2.24) is 0 Å². The second kappa shape index (κ2) is 5.58. The lowest BCUT2D eigenvalue weighted by Gasteiger charge is -2.20. The molecule has 1 aliphatic carbocycles. The highest BCUT2D eigenvalue weighted by atomic mass is 16.3. The van der Waals surface area contributed by atoms with E-state index < -0.39 is 0 Å². The van der Waals surface area contributed by atoms with Gasteiger partial charge in [-0.15, -0.1) is 0 Å². The average Bonchev–Trinajstić information content (AvgIpc) is 2.32. The van der Waals surface area contributed by atoms with Gasteiger partial charge in [0.05, 0.1) is 6.10 Å². The molecule has 1 N–H and O–H groups in total. The zero-order valence-electron chi connectivity index (χ0n) is 8.26. The predicted octanol–water partition coefficient (Wildman–Crippen LogP) is 3.12. The Morgan fingerprint density at radius 1 is 1.17 bits per heavy atom. The molecule has 0 heterocycles. The molecule has 1 heteroatoms. The van der Waals surface area contributed by atoms with E-state index in [1.165, 1.54) is 38.5 Å². The second-order valence-electron chi connectivity index (χ2n) is 4.11. The molecule has 0 bridgehead atoms. The van der Waals surface area contributed by atoms with Crippen LogP contribution in [0.25, 0.3) is 0 Å². The Balaban J connectivity index is 2.27. The lowest BCUT2D eigenvalue weighted by molar-refractivity contribution is 0.0894. The van der Waals surface area contributed by atoms with E-state index in [0.29, 0.717) is 5.92 Å². The molecule has 0 aliphatic heterocycles. The molecule has 0 aromatic heterocycles. The zero-order valence-corrected chi connectivity index (χ0v) is 8.26. The summed E-state index contributed by atoms with van der Waals surface area (Å²) < 4.78 is 0. The van der Waals surface area contributed by atoms with Gasteiger partial charge in [0.2, 0.25) is 0 Å². The van der Waals surface area contributed by atoms with Gasteiger partial charge in [0.1, 0.15) is 0 Å². The number of hydrogen-bond donors (Lipinski definition) is 1.